The van der Waals surface area contributed by atoms with E-state index >= 15 is 0 Å². The van der Waals surface area contributed by atoms with Crippen LogP contribution in [-0.4, -0.2) is 41.8 Å². The number of benzene rings is 1. The van der Waals surface area contributed by atoms with Crippen molar-refractivity contribution >= 4 is 11.9 Å². The van der Waals surface area contributed by atoms with Crippen LogP contribution in [0, 0.1) is 0 Å². The largest absolute Gasteiger partial charge is 0.497 e. The quantitative estimate of drug-likeness (QED) is 0.665. The Morgan fingerprint density at radius 3 is 2.35 bits per heavy atom. The number of methoxy groups -OCH3 is 1. The maximum Gasteiger partial charge on any atom is 0.328 e. The van der Waals surface area contributed by atoms with Crippen molar-refractivity contribution in [2.75, 3.05) is 13.7 Å². The van der Waals surface area contributed by atoms with E-state index in [9.17, 15) is 9.59 Å². The maximum absolute atomic E-state index is 11.6. The van der Waals surface area contributed by atoms with Crippen LogP contribution in [0.15, 0.2) is 24.3 Å². The highest BCUT2D eigenvalue weighted by Gasteiger charge is 2.19. The number of carboxylic acid groups (broad SMARTS) is 1. The lowest BCUT2D eigenvalue weighted by atomic mass is 10.2. The molecule has 0 aliphatic carbocycles. The summed E-state index contributed by atoms with van der Waals surface area (Å²) in [5, 5.41) is 19.6. The highest BCUT2D eigenvalue weighted by atomic mass is 16.5. The van der Waals surface area contributed by atoms with Gasteiger partial charge in [-0.1, -0.05) is 0 Å². The predicted octanol–water partition coefficient (Wildman–Crippen LogP) is -0.130. The van der Waals surface area contributed by atoms with Gasteiger partial charge in [-0.05, 0) is 24.3 Å². The predicted molar refractivity (Wildman–Crippen MR) is 59.0 cm³/mol. The topological polar surface area (TPSA) is 95.9 Å². The summed E-state index contributed by atoms with van der Waals surface area (Å²) in [6, 6.07) is 4.88. The van der Waals surface area contributed by atoms with E-state index in [1.165, 1.54) is 19.2 Å². The van der Waals surface area contributed by atoms with Gasteiger partial charge in [-0.2, -0.15) is 0 Å². The number of ether oxygens (including phenoxy) is 1. The van der Waals surface area contributed by atoms with E-state index in [2.05, 4.69) is 5.32 Å². The van der Waals surface area contributed by atoms with Crippen LogP contribution in [0.4, 0.5) is 0 Å². The number of aliphatic carboxylic acids is 1. The van der Waals surface area contributed by atoms with E-state index in [-0.39, 0.29) is 0 Å². The van der Waals surface area contributed by atoms with Gasteiger partial charge < -0.3 is 20.3 Å². The molecule has 0 saturated carbocycles. The monoisotopic (exact) mass is 239 g/mol. The van der Waals surface area contributed by atoms with Crippen molar-refractivity contribution in [3.8, 4) is 5.75 Å². The van der Waals surface area contributed by atoms with Crippen molar-refractivity contribution in [1.82, 2.24) is 5.32 Å². The first-order chi connectivity index (χ1) is 8.08. The van der Waals surface area contributed by atoms with Gasteiger partial charge >= 0.3 is 5.97 Å². The van der Waals surface area contributed by atoms with Crippen LogP contribution in [0.2, 0.25) is 0 Å². The summed E-state index contributed by atoms with van der Waals surface area (Å²) < 4.78 is 4.92. The number of carbonyl (C=O) groups excluding carboxylic acids is 1. The Morgan fingerprint density at radius 1 is 1.35 bits per heavy atom. The molecule has 0 heterocycles. The summed E-state index contributed by atoms with van der Waals surface area (Å²) in [7, 11) is 1.50. The maximum atomic E-state index is 11.6. The van der Waals surface area contributed by atoms with E-state index in [0.29, 0.717) is 11.3 Å². The Balaban J connectivity index is 2.72. The number of amides is 1. The van der Waals surface area contributed by atoms with Gasteiger partial charge in [0.25, 0.3) is 5.91 Å². The number of hydrogen-bond acceptors (Lipinski definition) is 4. The number of aliphatic hydroxyl groups excluding tert-OH is 1. The van der Waals surface area contributed by atoms with E-state index in [1.54, 1.807) is 12.1 Å². The molecule has 1 atom stereocenters. The minimum absolute atomic E-state index is 0.297. The van der Waals surface area contributed by atoms with Gasteiger partial charge in [0.2, 0.25) is 0 Å². The Morgan fingerprint density at radius 2 is 1.94 bits per heavy atom. The Bertz CT molecular complexity index is 401. The molecule has 1 amide bonds. The molecule has 92 valence electrons. The van der Waals surface area contributed by atoms with Gasteiger partial charge in [0, 0.05) is 5.56 Å². The second kappa shape index (κ2) is 5.86. The fourth-order valence-corrected chi connectivity index (χ4v) is 1.17. The summed E-state index contributed by atoms with van der Waals surface area (Å²) in [6.07, 6.45) is 0. The molecular formula is C11H13NO5. The number of carbonyl (C=O) groups is 2. The summed E-state index contributed by atoms with van der Waals surface area (Å²) in [6.45, 7) is -0.656. The van der Waals surface area contributed by atoms with Gasteiger partial charge in [-0.3, -0.25) is 4.79 Å². The van der Waals surface area contributed by atoms with Crippen LogP contribution >= 0.6 is 0 Å². The zero-order valence-corrected chi connectivity index (χ0v) is 9.21. The van der Waals surface area contributed by atoms with Crippen molar-refractivity contribution in [2.24, 2.45) is 0 Å². The molecule has 0 aromatic heterocycles. The van der Waals surface area contributed by atoms with Crippen molar-refractivity contribution in [3.05, 3.63) is 29.8 Å². The molecule has 6 nitrogen and oxygen atoms in total. The first-order valence-electron chi connectivity index (χ1n) is 4.87. The second-order valence-corrected chi connectivity index (χ2v) is 3.28. The standard InChI is InChI=1S/C11H13NO5/c1-17-8-4-2-7(3-5-8)10(14)12-9(6-13)11(15)16/h2-5,9,13H,6H2,1H3,(H,12,14)(H,15,16)/t9-/m0/s1. The zero-order chi connectivity index (χ0) is 12.8. The minimum Gasteiger partial charge on any atom is -0.497 e. The van der Waals surface area contributed by atoms with Gasteiger partial charge in [0.1, 0.15) is 5.75 Å². The lowest BCUT2D eigenvalue weighted by Crippen LogP contribution is -2.43. The Hall–Kier alpha value is -2.08. The van der Waals surface area contributed by atoms with Crippen LogP contribution in [0.25, 0.3) is 0 Å². The van der Waals surface area contributed by atoms with Crippen LogP contribution in [0.1, 0.15) is 10.4 Å². The van der Waals surface area contributed by atoms with Gasteiger partial charge in [-0.25, -0.2) is 4.79 Å². The molecule has 0 aliphatic rings. The molecule has 17 heavy (non-hydrogen) atoms. The molecule has 3 N–H and O–H groups in total. The van der Waals surface area contributed by atoms with Crippen molar-refractivity contribution in [3.63, 3.8) is 0 Å². The van der Waals surface area contributed by atoms with E-state index in [4.69, 9.17) is 14.9 Å². The average molecular weight is 239 g/mol. The average Bonchev–Trinajstić information content (AvgIpc) is 2.35. The molecular weight excluding hydrogens is 226 g/mol. The minimum atomic E-state index is -1.30. The molecule has 1 aromatic carbocycles. The van der Waals surface area contributed by atoms with Gasteiger partial charge in [0.05, 0.1) is 13.7 Å². The van der Waals surface area contributed by atoms with Crippen molar-refractivity contribution in [1.29, 1.82) is 0 Å². The lowest BCUT2D eigenvalue weighted by molar-refractivity contribution is -0.140. The molecule has 0 radical (unpaired) electrons. The van der Waals surface area contributed by atoms with Crippen LogP contribution < -0.4 is 10.1 Å². The third kappa shape index (κ3) is 3.46. The first-order valence-corrected chi connectivity index (χ1v) is 4.87. The van der Waals surface area contributed by atoms with Crippen molar-refractivity contribution in [2.45, 2.75) is 6.04 Å². The molecule has 0 fully saturated rings. The van der Waals surface area contributed by atoms with Crippen LogP contribution in [0.5, 0.6) is 5.75 Å². The highest BCUT2D eigenvalue weighted by Crippen LogP contribution is 2.11. The normalized spacial score (nSPS) is 11.6. The number of aliphatic hydroxyl groups is 1. The first kappa shape index (κ1) is 13.0. The summed E-state index contributed by atoms with van der Waals surface area (Å²) >= 11 is 0. The van der Waals surface area contributed by atoms with Crippen LogP contribution in [0.3, 0.4) is 0 Å². The van der Waals surface area contributed by atoms with E-state index in [0.717, 1.165) is 0 Å². The van der Waals surface area contributed by atoms with E-state index < -0.39 is 24.5 Å². The SMILES string of the molecule is COc1ccc(C(=O)N[C@@H](CO)C(=O)O)cc1. The molecule has 6 heteroatoms. The molecule has 0 aliphatic heterocycles. The summed E-state index contributed by atoms with van der Waals surface area (Å²) in [5.41, 5.74) is 0.297. The Labute approximate surface area is 97.8 Å². The van der Waals surface area contributed by atoms with Crippen LogP contribution in [-0.2, 0) is 4.79 Å². The lowest BCUT2D eigenvalue weighted by Gasteiger charge is -2.11. The molecule has 0 unspecified atom stereocenters. The summed E-state index contributed by atoms with van der Waals surface area (Å²) in [5.74, 6) is -1.25. The molecule has 0 bridgehead atoms. The van der Waals surface area contributed by atoms with Gasteiger partial charge in [0.15, 0.2) is 6.04 Å². The third-order valence-electron chi connectivity index (χ3n) is 2.14. The second-order valence-electron chi connectivity index (χ2n) is 3.28. The van der Waals surface area contributed by atoms with Gasteiger partial charge in [-0.15, -0.1) is 0 Å². The number of nitrogens with one attached hydrogen (secondary N) is 1. The molecule has 0 spiro atoms. The number of hydrogen-bond donors (Lipinski definition) is 3. The smallest absolute Gasteiger partial charge is 0.328 e. The fraction of sp³-hybridized carbons (Fsp3) is 0.273. The van der Waals surface area contributed by atoms with E-state index in [1.807, 2.05) is 0 Å². The van der Waals surface area contributed by atoms with Crippen molar-refractivity contribution < 1.29 is 24.5 Å². The summed E-state index contributed by atoms with van der Waals surface area (Å²) in [4.78, 5) is 22.2. The highest BCUT2D eigenvalue weighted by molar-refractivity contribution is 5.96. The third-order valence-corrected chi connectivity index (χ3v) is 2.14. The number of carboxylic acids is 1. The Kier molecular flexibility index (Phi) is 4.47. The molecule has 1 rings (SSSR count). The fourth-order valence-electron chi connectivity index (χ4n) is 1.17. The molecule has 1 aromatic rings. The number of rotatable bonds is 5. The molecule has 0 saturated heterocycles. The zero-order valence-electron chi connectivity index (χ0n) is 9.21.